The van der Waals surface area contributed by atoms with Crippen molar-refractivity contribution < 1.29 is 0 Å². The van der Waals surface area contributed by atoms with Gasteiger partial charge in [-0.15, -0.1) is 0 Å². The van der Waals surface area contributed by atoms with E-state index in [2.05, 4.69) is 35.8 Å². The standard InChI is InChI=1S/C11H13BrClN/c1-11(2)9(10(11)14)7-4-3-6(12)5-8(7)13/h3-5,9-10H,14H2,1-2H3. The van der Waals surface area contributed by atoms with Gasteiger partial charge in [0.05, 0.1) is 0 Å². The highest BCUT2D eigenvalue weighted by Gasteiger charge is 2.56. The highest BCUT2D eigenvalue weighted by molar-refractivity contribution is 9.10. The Morgan fingerprint density at radius 3 is 2.43 bits per heavy atom. The maximum absolute atomic E-state index is 6.17. The predicted octanol–water partition coefficient (Wildman–Crippen LogP) is 3.55. The minimum Gasteiger partial charge on any atom is -0.327 e. The topological polar surface area (TPSA) is 26.0 Å². The van der Waals surface area contributed by atoms with Crippen molar-refractivity contribution >= 4 is 27.5 Å². The maximum Gasteiger partial charge on any atom is 0.0452 e. The van der Waals surface area contributed by atoms with Gasteiger partial charge in [-0.2, -0.15) is 0 Å². The van der Waals surface area contributed by atoms with E-state index in [1.165, 1.54) is 5.56 Å². The molecule has 3 heteroatoms. The van der Waals surface area contributed by atoms with E-state index in [0.717, 1.165) is 9.50 Å². The Hall–Kier alpha value is -0.0500. The van der Waals surface area contributed by atoms with Crippen LogP contribution in [0.3, 0.4) is 0 Å². The van der Waals surface area contributed by atoms with Crippen LogP contribution in [0.15, 0.2) is 22.7 Å². The lowest BCUT2D eigenvalue weighted by atomic mass is 10.0. The van der Waals surface area contributed by atoms with Gasteiger partial charge >= 0.3 is 0 Å². The van der Waals surface area contributed by atoms with Gasteiger partial charge in [0.15, 0.2) is 0 Å². The summed E-state index contributed by atoms with van der Waals surface area (Å²) in [5, 5.41) is 0.811. The highest BCUT2D eigenvalue weighted by Crippen LogP contribution is 2.58. The first-order chi connectivity index (χ1) is 6.44. The Balaban J connectivity index is 2.36. The van der Waals surface area contributed by atoms with Crippen molar-refractivity contribution in [2.24, 2.45) is 11.1 Å². The zero-order valence-corrected chi connectivity index (χ0v) is 10.6. The normalized spacial score (nSPS) is 28.9. The SMILES string of the molecule is CC1(C)C(N)C1c1ccc(Br)cc1Cl. The summed E-state index contributed by atoms with van der Waals surface area (Å²) in [6, 6.07) is 6.24. The van der Waals surface area contributed by atoms with Crippen LogP contribution in [-0.2, 0) is 0 Å². The third-order valence-electron chi connectivity index (χ3n) is 3.21. The Morgan fingerprint density at radius 1 is 1.43 bits per heavy atom. The summed E-state index contributed by atoms with van der Waals surface area (Å²) in [4.78, 5) is 0. The molecular formula is C11H13BrClN. The monoisotopic (exact) mass is 273 g/mol. The number of hydrogen-bond donors (Lipinski definition) is 1. The molecule has 1 aromatic carbocycles. The first-order valence-corrected chi connectivity index (χ1v) is 5.82. The van der Waals surface area contributed by atoms with Crippen molar-refractivity contribution in [2.45, 2.75) is 25.8 Å². The summed E-state index contributed by atoms with van der Waals surface area (Å²) >= 11 is 9.57. The van der Waals surface area contributed by atoms with E-state index in [0.29, 0.717) is 5.92 Å². The molecule has 14 heavy (non-hydrogen) atoms. The van der Waals surface area contributed by atoms with Crippen LogP contribution in [-0.4, -0.2) is 6.04 Å². The summed E-state index contributed by atoms with van der Waals surface area (Å²) in [5.41, 5.74) is 7.38. The molecule has 0 amide bonds. The van der Waals surface area contributed by atoms with E-state index in [4.69, 9.17) is 17.3 Å². The Labute approximate surface area is 97.8 Å². The van der Waals surface area contributed by atoms with Gasteiger partial charge < -0.3 is 5.73 Å². The fourth-order valence-electron chi connectivity index (χ4n) is 2.03. The van der Waals surface area contributed by atoms with Gasteiger partial charge in [-0.05, 0) is 23.1 Å². The fourth-order valence-corrected chi connectivity index (χ4v) is 2.82. The second-order valence-electron chi connectivity index (χ2n) is 4.49. The quantitative estimate of drug-likeness (QED) is 0.833. The molecule has 0 spiro atoms. The average molecular weight is 275 g/mol. The van der Waals surface area contributed by atoms with Crippen molar-refractivity contribution in [3.8, 4) is 0 Å². The molecule has 1 nitrogen and oxygen atoms in total. The minimum absolute atomic E-state index is 0.192. The van der Waals surface area contributed by atoms with Crippen molar-refractivity contribution in [3.05, 3.63) is 33.3 Å². The van der Waals surface area contributed by atoms with Crippen LogP contribution < -0.4 is 5.73 Å². The molecule has 1 aliphatic rings. The van der Waals surface area contributed by atoms with E-state index in [9.17, 15) is 0 Å². The van der Waals surface area contributed by atoms with E-state index < -0.39 is 0 Å². The Kier molecular flexibility index (Phi) is 2.41. The molecule has 76 valence electrons. The van der Waals surface area contributed by atoms with Crippen molar-refractivity contribution in [2.75, 3.05) is 0 Å². The van der Waals surface area contributed by atoms with E-state index in [1.54, 1.807) is 0 Å². The largest absolute Gasteiger partial charge is 0.327 e. The molecule has 0 bridgehead atoms. The van der Waals surface area contributed by atoms with Gasteiger partial charge in [0.1, 0.15) is 0 Å². The van der Waals surface area contributed by atoms with Crippen molar-refractivity contribution in [1.29, 1.82) is 0 Å². The van der Waals surface area contributed by atoms with Crippen LogP contribution >= 0.6 is 27.5 Å². The molecule has 1 fully saturated rings. The summed E-state index contributed by atoms with van der Waals surface area (Å²) in [7, 11) is 0. The average Bonchev–Trinajstić information content (AvgIpc) is 2.54. The van der Waals surface area contributed by atoms with Crippen molar-refractivity contribution in [3.63, 3.8) is 0 Å². The fraction of sp³-hybridized carbons (Fsp3) is 0.455. The number of halogens is 2. The lowest BCUT2D eigenvalue weighted by Gasteiger charge is -2.05. The first-order valence-electron chi connectivity index (χ1n) is 4.65. The molecule has 0 aliphatic heterocycles. The van der Waals surface area contributed by atoms with Crippen LogP contribution in [0, 0.1) is 5.41 Å². The lowest BCUT2D eigenvalue weighted by Crippen LogP contribution is -2.06. The van der Waals surface area contributed by atoms with Gasteiger partial charge in [0.2, 0.25) is 0 Å². The minimum atomic E-state index is 0.192. The Morgan fingerprint density at radius 2 is 2.00 bits per heavy atom. The third kappa shape index (κ3) is 1.50. The lowest BCUT2D eigenvalue weighted by molar-refractivity contribution is 0.599. The van der Waals surface area contributed by atoms with Crippen LogP contribution in [0.1, 0.15) is 25.3 Å². The van der Waals surface area contributed by atoms with E-state index in [-0.39, 0.29) is 11.5 Å². The van der Waals surface area contributed by atoms with Gasteiger partial charge in [0, 0.05) is 21.5 Å². The zero-order chi connectivity index (χ0) is 10.5. The molecular weight excluding hydrogens is 261 g/mol. The van der Waals surface area contributed by atoms with Crippen LogP contribution in [0.2, 0.25) is 5.02 Å². The summed E-state index contributed by atoms with van der Waals surface area (Å²) in [6.07, 6.45) is 0. The molecule has 1 aromatic rings. The number of benzene rings is 1. The number of nitrogens with two attached hydrogens (primary N) is 1. The molecule has 1 saturated carbocycles. The van der Waals surface area contributed by atoms with Crippen LogP contribution in [0.25, 0.3) is 0 Å². The maximum atomic E-state index is 6.17. The molecule has 0 heterocycles. The molecule has 2 unspecified atom stereocenters. The molecule has 0 saturated heterocycles. The van der Waals surface area contributed by atoms with Crippen molar-refractivity contribution in [1.82, 2.24) is 0 Å². The van der Waals surface area contributed by atoms with E-state index >= 15 is 0 Å². The molecule has 2 N–H and O–H groups in total. The predicted molar refractivity (Wildman–Crippen MR) is 63.6 cm³/mol. The van der Waals surface area contributed by atoms with Gasteiger partial charge in [-0.25, -0.2) is 0 Å². The molecule has 1 aliphatic carbocycles. The molecule has 2 rings (SSSR count). The second-order valence-corrected chi connectivity index (χ2v) is 5.81. The molecule has 0 radical (unpaired) electrons. The van der Waals surface area contributed by atoms with E-state index in [1.807, 2.05) is 12.1 Å². The summed E-state index contributed by atoms with van der Waals surface area (Å²) < 4.78 is 1.01. The molecule has 0 aromatic heterocycles. The van der Waals surface area contributed by atoms with Gasteiger partial charge in [-0.3, -0.25) is 0 Å². The summed E-state index contributed by atoms with van der Waals surface area (Å²) in [6.45, 7) is 4.36. The first kappa shape index (κ1) is 10.5. The molecule has 2 atom stereocenters. The third-order valence-corrected chi connectivity index (χ3v) is 4.03. The van der Waals surface area contributed by atoms with Crippen LogP contribution in [0.5, 0.6) is 0 Å². The van der Waals surface area contributed by atoms with Gasteiger partial charge in [0.25, 0.3) is 0 Å². The second kappa shape index (κ2) is 3.22. The highest BCUT2D eigenvalue weighted by atomic mass is 79.9. The zero-order valence-electron chi connectivity index (χ0n) is 8.22. The van der Waals surface area contributed by atoms with Gasteiger partial charge in [-0.1, -0.05) is 47.4 Å². The van der Waals surface area contributed by atoms with Crippen LogP contribution in [0.4, 0.5) is 0 Å². The Bertz CT molecular complexity index is 376. The number of hydrogen-bond acceptors (Lipinski definition) is 1. The number of rotatable bonds is 1. The summed E-state index contributed by atoms with van der Waals surface area (Å²) in [5.74, 6) is 0.406. The smallest absolute Gasteiger partial charge is 0.0452 e.